The molecule has 1 aliphatic heterocycles. The van der Waals surface area contributed by atoms with Crippen molar-refractivity contribution >= 4 is 26.5 Å². The zero-order valence-corrected chi connectivity index (χ0v) is 15.9. The first-order valence-corrected chi connectivity index (χ1v) is 10.8. The molecule has 0 aliphatic carbocycles. The fraction of sp³-hybridized carbons (Fsp3) is 0.471. The molecule has 1 aliphatic rings. The fourth-order valence-corrected chi connectivity index (χ4v) is 4.97. The second-order valence-corrected chi connectivity index (χ2v) is 8.61. The molecule has 3 rings (SSSR count). The van der Waals surface area contributed by atoms with Gasteiger partial charge in [-0.3, -0.25) is 0 Å². The SMILES string of the molecule is CCOc1ccccc1S(=O)(=O)NCC1CCCN(c2nccs2)C1. The van der Waals surface area contributed by atoms with Crippen LogP contribution in [0.4, 0.5) is 5.13 Å². The van der Waals surface area contributed by atoms with Crippen LogP contribution >= 0.6 is 11.3 Å². The van der Waals surface area contributed by atoms with Crippen molar-refractivity contribution < 1.29 is 13.2 Å². The average Bonchev–Trinajstić information content (AvgIpc) is 3.16. The number of hydrogen-bond donors (Lipinski definition) is 1. The van der Waals surface area contributed by atoms with Crippen molar-refractivity contribution in [3.63, 3.8) is 0 Å². The van der Waals surface area contributed by atoms with E-state index >= 15 is 0 Å². The molecule has 1 saturated heterocycles. The molecule has 0 spiro atoms. The van der Waals surface area contributed by atoms with Crippen LogP contribution in [0.5, 0.6) is 5.75 Å². The minimum atomic E-state index is -3.59. The van der Waals surface area contributed by atoms with E-state index in [1.54, 1.807) is 41.8 Å². The Labute approximate surface area is 152 Å². The van der Waals surface area contributed by atoms with Gasteiger partial charge in [0.05, 0.1) is 6.61 Å². The summed E-state index contributed by atoms with van der Waals surface area (Å²) < 4.78 is 33.5. The number of para-hydroxylation sites is 1. The predicted molar refractivity (Wildman–Crippen MR) is 99.9 cm³/mol. The summed E-state index contributed by atoms with van der Waals surface area (Å²) in [5.41, 5.74) is 0. The fourth-order valence-electron chi connectivity index (χ4n) is 3.03. The number of nitrogens with one attached hydrogen (secondary N) is 1. The number of hydrogen-bond acceptors (Lipinski definition) is 6. The van der Waals surface area contributed by atoms with Crippen molar-refractivity contribution in [2.45, 2.75) is 24.7 Å². The molecule has 0 saturated carbocycles. The molecule has 25 heavy (non-hydrogen) atoms. The van der Waals surface area contributed by atoms with Gasteiger partial charge in [-0.15, -0.1) is 11.3 Å². The van der Waals surface area contributed by atoms with E-state index in [1.165, 1.54) is 0 Å². The summed E-state index contributed by atoms with van der Waals surface area (Å²) in [7, 11) is -3.59. The molecule has 0 radical (unpaired) electrons. The first-order chi connectivity index (χ1) is 12.1. The molecular formula is C17H23N3O3S2. The molecule has 2 aromatic rings. The quantitative estimate of drug-likeness (QED) is 0.798. The standard InChI is InChI=1S/C17H23N3O3S2/c1-2-23-15-7-3-4-8-16(15)25(21,22)19-12-14-6-5-10-20(13-14)17-18-9-11-24-17/h3-4,7-9,11,14,19H,2,5-6,10,12-13H2,1H3. The van der Waals surface area contributed by atoms with Gasteiger partial charge in [0.25, 0.3) is 0 Å². The minimum absolute atomic E-state index is 0.199. The van der Waals surface area contributed by atoms with Gasteiger partial charge in [-0.2, -0.15) is 0 Å². The van der Waals surface area contributed by atoms with Crippen LogP contribution in [0.25, 0.3) is 0 Å². The highest BCUT2D eigenvalue weighted by atomic mass is 32.2. The summed E-state index contributed by atoms with van der Waals surface area (Å²) in [5.74, 6) is 0.664. The molecule has 1 unspecified atom stereocenters. The molecule has 1 aromatic carbocycles. The minimum Gasteiger partial charge on any atom is -0.492 e. The molecular weight excluding hydrogens is 358 g/mol. The Morgan fingerprint density at radius 3 is 3.00 bits per heavy atom. The summed E-state index contributed by atoms with van der Waals surface area (Å²) in [5, 5.41) is 2.97. The van der Waals surface area contributed by atoms with E-state index in [2.05, 4.69) is 14.6 Å². The van der Waals surface area contributed by atoms with Crippen LogP contribution in [0.1, 0.15) is 19.8 Å². The van der Waals surface area contributed by atoms with Gasteiger partial charge in [0.1, 0.15) is 10.6 Å². The lowest BCUT2D eigenvalue weighted by molar-refractivity contribution is 0.331. The van der Waals surface area contributed by atoms with Crippen LogP contribution in [-0.2, 0) is 10.0 Å². The zero-order chi connectivity index (χ0) is 17.7. The number of benzene rings is 1. The maximum Gasteiger partial charge on any atom is 0.244 e. The van der Waals surface area contributed by atoms with E-state index in [9.17, 15) is 8.42 Å². The predicted octanol–water partition coefficient (Wildman–Crippen LogP) is 2.74. The third-order valence-electron chi connectivity index (χ3n) is 4.21. The number of aromatic nitrogens is 1. The zero-order valence-electron chi connectivity index (χ0n) is 14.2. The molecule has 6 nitrogen and oxygen atoms in total. The second kappa shape index (κ2) is 8.16. The Balaban J connectivity index is 1.64. The maximum absolute atomic E-state index is 12.7. The van der Waals surface area contributed by atoms with Crippen LogP contribution in [-0.4, -0.2) is 39.6 Å². The monoisotopic (exact) mass is 381 g/mol. The summed E-state index contributed by atoms with van der Waals surface area (Å²) >= 11 is 1.62. The van der Waals surface area contributed by atoms with Crippen LogP contribution in [0.15, 0.2) is 40.7 Å². The summed E-state index contributed by atoms with van der Waals surface area (Å²) in [6.45, 7) is 4.49. The average molecular weight is 382 g/mol. The van der Waals surface area contributed by atoms with Gasteiger partial charge in [-0.25, -0.2) is 18.1 Å². The highest BCUT2D eigenvalue weighted by Crippen LogP contribution is 2.26. The molecule has 1 fully saturated rings. The lowest BCUT2D eigenvalue weighted by Gasteiger charge is -2.32. The van der Waals surface area contributed by atoms with Gasteiger partial charge >= 0.3 is 0 Å². The number of ether oxygens (including phenoxy) is 1. The van der Waals surface area contributed by atoms with Gasteiger partial charge in [-0.1, -0.05) is 12.1 Å². The van der Waals surface area contributed by atoms with Crippen LogP contribution in [0.3, 0.4) is 0 Å². The van der Waals surface area contributed by atoms with E-state index in [0.29, 0.717) is 18.9 Å². The van der Waals surface area contributed by atoms with Crippen molar-refractivity contribution in [2.24, 2.45) is 5.92 Å². The number of nitrogens with zero attached hydrogens (tertiary/aromatic N) is 2. The van der Waals surface area contributed by atoms with Gasteiger partial charge in [0.2, 0.25) is 10.0 Å². The first kappa shape index (κ1) is 18.2. The van der Waals surface area contributed by atoms with E-state index in [4.69, 9.17) is 4.74 Å². The van der Waals surface area contributed by atoms with Gasteiger partial charge < -0.3 is 9.64 Å². The van der Waals surface area contributed by atoms with Crippen LogP contribution in [0.2, 0.25) is 0 Å². The van der Waals surface area contributed by atoms with E-state index in [1.807, 2.05) is 12.3 Å². The molecule has 136 valence electrons. The van der Waals surface area contributed by atoms with Crippen molar-refractivity contribution in [3.05, 3.63) is 35.8 Å². The Kier molecular flexibility index (Phi) is 5.93. The van der Waals surface area contributed by atoms with Crippen molar-refractivity contribution in [1.82, 2.24) is 9.71 Å². The highest BCUT2D eigenvalue weighted by Gasteiger charge is 2.25. The topological polar surface area (TPSA) is 71.5 Å². The molecule has 8 heteroatoms. The molecule has 1 N–H and O–H groups in total. The summed E-state index contributed by atoms with van der Waals surface area (Å²) in [6, 6.07) is 6.75. The van der Waals surface area contributed by atoms with Crippen molar-refractivity contribution in [1.29, 1.82) is 0 Å². The molecule has 0 bridgehead atoms. The van der Waals surface area contributed by atoms with Gasteiger partial charge in [0, 0.05) is 31.2 Å². The number of rotatable bonds is 7. The van der Waals surface area contributed by atoms with Crippen LogP contribution < -0.4 is 14.4 Å². The lowest BCUT2D eigenvalue weighted by atomic mass is 9.99. The van der Waals surface area contributed by atoms with Gasteiger partial charge in [0.15, 0.2) is 5.13 Å². The van der Waals surface area contributed by atoms with Crippen LogP contribution in [0, 0.1) is 5.92 Å². The van der Waals surface area contributed by atoms with Gasteiger partial charge in [-0.05, 0) is 37.8 Å². The van der Waals surface area contributed by atoms with E-state index in [-0.39, 0.29) is 10.8 Å². The largest absolute Gasteiger partial charge is 0.492 e. The molecule has 1 aromatic heterocycles. The Morgan fingerprint density at radius 2 is 2.24 bits per heavy atom. The highest BCUT2D eigenvalue weighted by molar-refractivity contribution is 7.89. The second-order valence-electron chi connectivity index (χ2n) is 6.00. The Bertz CT molecular complexity index is 778. The first-order valence-electron chi connectivity index (χ1n) is 8.46. The summed E-state index contributed by atoms with van der Waals surface area (Å²) in [6.07, 6.45) is 3.86. The van der Waals surface area contributed by atoms with E-state index in [0.717, 1.165) is 31.1 Å². The third-order valence-corrected chi connectivity index (χ3v) is 6.50. The molecule has 2 heterocycles. The summed E-state index contributed by atoms with van der Waals surface area (Å²) in [4.78, 5) is 6.79. The van der Waals surface area contributed by atoms with Crippen molar-refractivity contribution in [2.75, 3.05) is 31.1 Å². The number of sulfonamides is 1. The smallest absolute Gasteiger partial charge is 0.244 e. The van der Waals surface area contributed by atoms with E-state index < -0.39 is 10.0 Å². The molecule has 1 atom stereocenters. The lowest BCUT2D eigenvalue weighted by Crippen LogP contribution is -2.41. The normalized spacial score (nSPS) is 18.3. The Morgan fingerprint density at radius 1 is 1.40 bits per heavy atom. The van der Waals surface area contributed by atoms with Crippen molar-refractivity contribution in [3.8, 4) is 5.75 Å². The number of piperidine rings is 1. The number of anilines is 1. The third kappa shape index (κ3) is 4.50. The maximum atomic E-state index is 12.7. The number of thiazole rings is 1. The molecule has 0 amide bonds. The Hall–Kier alpha value is -1.64.